The van der Waals surface area contributed by atoms with Gasteiger partial charge in [-0.3, -0.25) is 9.55 Å². The summed E-state index contributed by atoms with van der Waals surface area (Å²) in [7, 11) is 0. The number of aryl methyl sites for hydroxylation is 3. The average Bonchev–Trinajstić information content (AvgIpc) is 3.59. The average molecular weight is 942 g/mol. The van der Waals surface area contributed by atoms with Crippen LogP contribution >= 0.6 is 0 Å². The Labute approximate surface area is 356 Å². The summed E-state index contributed by atoms with van der Waals surface area (Å²) in [4.78, 5) is 10.3. The number of aromatic hydroxyl groups is 1. The van der Waals surface area contributed by atoms with Crippen LogP contribution in [0.1, 0.15) is 62.4 Å². The number of hydrogen-bond acceptors (Lipinski definition) is 4. The van der Waals surface area contributed by atoms with Gasteiger partial charge in [0.15, 0.2) is 0 Å². The van der Waals surface area contributed by atoms with Gasteiger partial charge in [-0.1, -0.05) is 116 Å². The van der Waals surface area contributed by atoms with Gasteiger partial charge >= 0.3 is 0 Å². The molecule has 0 saturated carbocycles. The summed E-state index contributed by atoms with van der Waals surface area (Å²) >= 11 is 0. The van der Waals surface area contributed by atoms with E-state index in [4.69, 9.17) is 9.97 Å². The van der Waals surface area contributed by atoms with Crippen molar-refractivity contribution in [1.29, 1.82) is 0 Å². The van der Waals surface area contributed by atoms with Crippen LogP contribution in [0.15, 0.2) is 134 Å². The van der Waals surface area contributed by atoms with Crippen LogP contribution in [0.2, 0.25) is 0 Å². The van der Waals surface area contributed by atoms with Gasteiger partial charge in [0.1, 0.15) is 11.6 Å². The predicted octanol–water partition coefficient (Wildman–Crippen LogP) is 12.7. The fourth-order valence-corrected chi connectivity index (χ4v) is 7.57. The number of benzene rings is 6. The van der Waals surface area contributed by atoms with Crippen LogP contribution in [0.25, 0.3) is 72.7 Å². The van der Waals surface area contributed by atoms with Gasteiger partial charge in [0, 0.05) is 38.6 Å². The standard InChI is InChI=1S/C52H48N3O2.Pt/c1-32-17-19-36(20-18-32)37-21-22-53-46(30-37)40-25-39(27-41(28-40)51(4,5)6)44-15-12-16-47-48(44)54-50(45-24-33(2)23-34(3)49(45)56)55(47)43-29-38(35-13-10-9-11-14-35)26-42(31-43)52(7,8)57;/h9-24,26-31,56-57H,1-8H3;/q-1;. The molecule has 8 aromatic rings. The Balaban J connectivity index is 0.00000512. The van der Waals surface area contributed by atoms with Gasteiger partial charge in [-0.05, 0) is 115 Å². The molecule has 0 aliphatic rings. The van der Waals surface area contributed by atoms with Gasteiger partial charge in [-0.2, -0.15) is 0 Å². The number of aromatic nitrogens is 3. The maximum absolute atomic E-state index is 11.7. The Morgan fingerprint density at radius 3 is 2.02 bits per heavy atom. The van der Waals surface area contributed by atoms with Gasteiger partial charge in [0.05, 0.1) is 22.2 Å². The summed E-state index contributed by atoms with van der Waals surface area (Å²) in [5.74, 6) is 0.789. The zero-order chi connectivity index (χ0) is 40.2. The molecular weight excluding hydrogens is 894 g/mol. The molecule has 0 aliphatic carbocycles. The third-order valence-corrected chi connectivity index (χ3v) is 10.8. The molecule has 58 heavy (non-hydrogen) atoms. The zero-order valence-corrected chi connectivity index (χ0v) is 36.5. The van der Waals surface area contributed by atoms with Crippen molar-refractivity contribution >= 4 is 11.0 Å². The second-order valence-electron chi connectivity index (χ2n) is 16.9. The van der Waals surface area contributed by atoms with Crippen molar-refractivity contribution in [2.75, 3.05) is 0 Å². The molecule has 2 heterocycles. The Hall–Kier alpha value is -5.61. The fraction of sp³-hybridized carbons (Fsp3) is 0.192. The molecule has 0 fully saturated rings. The number of nitrogens with zero attached hydrogens (tertiary/aromatic N) is 3. The van der Waals surface area contributed by atoms with Gasteiger partial charge < -0.3 is 10.2 Å². The monoisotopic (exact) mass is 941 g/mol. The number of hydrogen-bond donors (Lipinski definition) is 2. The molecule has 5 nitrogen and oxygen atoms in total. The largest absolute Gasteiger partial charge is 0.507 e. The maximum atomic E-state index is 11.7. The Kier molecular flexibility index (Phi) is 10.9. The quantitative estimate of drug-likeness (QED) is 0.156. The van der Waals surface area contributed by atoms with E-state index in [1.165, 1.54) is 5.56 Å². The van der Waals surface area contributed by atoms with Crippen molar-refractivity contribution in [3.8, 4) is 67.5 Å². The Bertz CT molecular complexity index is 2790. The molecule has 0 bridgehead atoms. The molecule has 0 spiro atoms. The minimum absolute atomic E-state index is 0. The van der Waals surface area contributed by atoms with E-state index in [0.29, 0.717) is 11.4 Å². The molecule has 0 radical (unpaired) electrons. The van der Waals surface area contributed by atoms with Crippen LogP contribution in [-0.2, 0) is 32.1 Å². The first kappa shape index (κ1) is 40.6. The minimum Gasteiger partial charge on any atom is -0.507 e. The zero-order valence-electron chi connectivity index (χ0n) is 34.3. The van der Waals surface area contributed by atoms with E-state index in [0.717, 1.165) is 83.6 Å². The topological polar surface area (TPSA) is 71.2 Å². The minimum atomic E-state index is -1.12. The predicted molar refractivity (Wildman–Crippen MR) is 235 cm³/mol. The molecule has 0 saturated heterocycles. The number of fused-ring (bicyclic) bond motifs is 1. The molecule has 0 atom stereocenters. The number of imidazole rings is 1. The van der Waals surface area contributed by atoms with E-state index in [2.05, 4.69) is 123 Å². The number of phenolic OH excluding ortho intramolecular Hbond substituents is 1. The summed E-state index contributed by atoms with van der Waals surface area (Å²) in [5, 5.41) is 23.1. The first-order chi connectivity index (χ1) is 27.1. The van der Waals surface area contributed by atoms with E-state index in [-0.39, 0.29) is 32.2 Å². The summed E-state index contributed by atoms with van der Waals surface area (Å²) in [6.07, 6.45) is 1.87. The SMILES string of the molecule is Cc1ccc(-c2ccnc(-c3[c-]c(-c4cccc5c4nc(-c4cc(C)cc(C)c4O)n5-c4cc(-c5ccccc5)cc(C(C)(C)O)c4)cc(C(C)(C)C)c3)c2)cc1.[Pt]. The van der Waals surface area contributed by atoms with Crippen molar-refractivity contribution in [3.05, 3.63) is 167 Å². The Morgan fingerprint density at radius 1 is 0.603 bits per heavy atom. The molecule has 0 unspecified atom stereocenters. The number of phenols is 1. The summed E-state index contributed by atoms with van der Waals surface area (Å²) < 4.78 is 2.12. The molecule has 2 aromatic heterocycles. The Morgan fingerprint density at radius 2 is 1.31 bits per heavy atom. The van der Waals surface area contributed by atoms with Crippen molar-refractivity contribution in [2.24, 2.45) is 0 Å². The maximum Gasteiger partial charge on any atom is 0.148 e. The third kappa shape index (κ3) is 7.94. The van der Waals surface area contributed by atoms with Gasteiger partial charge in [-0.25, -0.2) is 4.98 Å². The van der Waals surface area contributed by atoms with Crippen LogP contribution in [0.3, 0.4) is 0 Å². The number of para-hydroxylation sites is 1. The van der Waals surface area contributed by atoms with E-state index < -0.39 is 5.60 Å². The second-order valence-corrected chi connectivity index (χ2v) is 16.9. The molecule has 6 aromatic carbocycles. The van der Waals surface area contributed by atoms with E-state index in [1.54, 1.807) is 0 Å². The van der Waals surface area contributed by atoms with Crippen LogP contribution in [0.5, 0.6) is 5.75 Å². The van der Waals surface area contributed by atoms with Gasteiger partial charge in [0.2, 0.25) is 0 Å². The van der Waals surface area contributed by atoms with E-state index in [1.807, 2.05) is 76.4 Å². The normalized spacial score (nSPS) is 11.8. The number of rotatable bonds is 7. The van der Waals surface area contributed by atoms with Crippen LogP contribution in [0, 0.1) is 26.8 Å². The van der Waals surface area contributed by atoms with Gasteiger partial charge in [0.25, 0.3) is 0 Å². The van der Waals surface area contributed by atoms with Crippen molar-refractivity contribution in [1.82, 2.24) is 14.5 Å². The van der Waals surface area contributed by atoms with Crippen molar-refractivity contribution < 1.29 is 31.3 Å². The fourth-order valence-electron chi connectivity index (χ4n) is 7.57. The van der Waals surface area contributed by atoms with Crippen LogP contribution < -0.4 is 0 Å². The van der Waals surface area contributed by atoms with Crippen LogP contribution in [-0.4, -0.2) is 24.7 Å². The molecular formula is C52H48N3O2Pt-. The summed E-state index contributed by atoms with van der Waals surface area (Å²) in [6.45, 7) is 16.3. The molecule has 0 amide bonds. The third-order valence-electron chi connectivity index (χ3n) is 10.8. The smallest absolute Gasteiger partial charge is 0.148 e. The number of aliphatic hydroxyl groups is 1. The molecule has 6 heteroatoms. The molecule has 0 aliphatic heterocycles. The van der Waals surface area contributed by atoms with Crippen molar-refractivity contribution in [2.45, 2.75) is 66.4 Å². The summed E-state index contributed by atoms with van der Waals surface area (Å²) in [5.41, 5.74) is 14.6. The number of pyridine rings is 1. The molecule has 2 N–H and O–H groups in total. The first-order valence-electron chi connectivity index (χ1n) is 19.5. The van der Waals surface area contributed by atoms with E-state index >= 15 is 0 Å². The summed E-state index contributed by atoms with van der Waals surface area (Å²) in [6, 6.07) is 47.6. The molecule has 8 rings (SSSR count). The van der Waals surface area contributed by atoms with Crippen molar-refractivity contribution in [3.63, 3.8) is 0 Å². The second kappa shape index (κ2) is 15.6. The van der Waals surface area contributed by atoms with E-state index in [9.17, 15) is 10.2 Å². The van der Waals surface area contributed by atoms with Gasteiger partial charge in [-0.15, -0.1) is 29.3 Å². The van der Waals surface area contributed by atoms with Crippen LogP contribution in [0.4, 0.5) is 0 Å². The first-order valence-corrected chi connectivity index (χ1v) is 19.5. The molecule has 294 valence electrons.